The van der Waals surface area contributed by atoms with Crippen LogP contribution in [0.5, 0.6) is 0 Å². The number of hydrogen-bond donors (Lipinski definition) is 2. The zero-order valence-electron chi connectivity index (χ0n) is 8.13. The number of aliphatic hydroxyl groups is 1. The molecule has 0 aromatic heterocycles. The number of amides is 1. The maximum Gasteiger partial charge on any atom is 0.407 e. The van der Waals surface area contributed by atoms with Gasteiger partial charge in [-0.1, -0.05) is 0 Å². The quantitative estimate of drug-likeness (QED) is 0.698. The van der Waals surface area contributed by atoms with Gasteiger partial charge in [0.2, 0.25) is 0 Å². The number of alkyl carbamates (subject to hydrolysis) is 1. The highest BCUT2D eigenvalue weighted by Crippen LogP contribution is 2.06. The zero-order valence-corrected chi connectivity index (χ0v) is 8.13. The third-order valence-electron chi connectivity index (χ3n) is 1.06. The molecule has 0 aliphatic carbocycles. The molecule has 0 heterocycles. The molecule has 1 amide bonds. The maximum atomic E-state index is 11.7. The Morgan fingerprint density at radius 1 is 1.62 bits per heavy atom. The monoisotopic (exact) mass is 193 g/mol. The molecule has 0 spiro atoms. The van der Waals surface area contributed by atoms with E-state index in [1.807, 2.05) is 0 Å². The van der Waals surface area contributed by atoms with E-state index < -0.39 is 24.5 Å². The lowest BCUT2D eigenvalue weighted by Gasteiger charge is -2.20. The molecule has 1 atom stereocenters. The average molecular weight is 193 g/mol. The number of halogens is 1. The van der Waals surface area contributed by atoms with Crippen LogP contribution in [0.15, 0.2) is 0 Å². The Morgan fingerprint density at radius 3 is 2.54 bits per heavy atom. The summed E-state index contributed by atoms with van der Waals surface area (Å²) in [5.41, 5.74) is -0.579. The van der Waals surface area contributed by atoms with Crippen LogP contribution in [0.2, 0.25) is 0 Å². The number of carbonyl (C=O) groups excluding carboxylic acids is 1. The summed E-state index contributed by atoms with van der Waals surface area (Å²) in [4.78, 5) is 10.9. The Hall–Kier alpha value is -0.840. The zero-order chi connectivity index (χ0) is 10.5. The molecular weight excluding hydrogens is 177 g/mol. The third-order valence-corrected chi connectivity index (χ3v) is 1.06. The van der Waals surface area contributed by atoms with Gasteiger partial charge in [-0.3, -0.25) is 0 Å². The summed E-state index contributed by atoms with van der Waals surface area (Å²) in [5.74, 6) is 0. The molecule has 0 bridgehead atoms. The normalized spacial score (nSPS) is 13.6. The van der Waals surface area contributed by atoms with Gasteiger partial charge in [-0.05, 0) is 20.8 Å². The highest BCUT2D eigenvalue weighted by molar-refractivity contribution is 5.67. The van der Waals surface area contributed by atoms with E-state index in [1.165, 1.54) is 0 Å². The van der Waals surface area contributed by atoms with Crippen LogP contribution in [0.3, 0.4) is 0 Å². The van der Waals surface area contributed by atoms with E-state index in [0.29, 0.717) is 0 Å². The summed E-state index contributed by atoms with van der Waals surface area (Å²) >= 11 is 0. The molecule has 0 aliphatic rings. The van der Waals surface area contributed by atoms with Gasteiger partial charge < -0.3 is 15.2 Å². The molecule has 0 fully saturated rings. The molecule has 0 saturated heterocycles. The van der Waals surface area contributed by atoms with Crippen LogP contribution in [0.4, 0.5) is 9.18 Å². The second-order valence-electron chi connectivity index (χ2n) is 3.69. The topological polar surface area (TPSA) is 58.6 Å². The largest absolute Gasteiger partial charge is 0.444 e. The molecule has 0 aromatic rings. The molecule has 0 radical (unpaired) electrons. The van der Waals surface area contributed by atoms with Gasteiger partial charge in [-0.15, -0.1) is 0 Å². The maximum absolute atomic E-state index is 11.7. The van der Waals surface area contributed by atoms with E-state index in [9.17, 15) is 9.18 Å². The molecule has 13 heavy (non-hydrogen) atoms. The van der Waals surface area contributed by atoms with Crippen LogP contribution in [-0.4, -0.2) is 36.1 Å². The summed E-state index contributed by atoms with van der Waals surface area (Å²) < 4.78 is 16.6. The van der Waals surface area contributed by atoms with Crippen LogP contribution in [0.1, 0.15) is 20.8 Å². The summed E-state index contributed by atoms with van der Waals surface area (Å²) in [6.07, 6.45) is -1.81. The molecule has 4 nitrogen and oxygen atoms in total. The Morgan fingerprint density at radius 2 is 2.15 bits per heavy atom. The minimum absolute atomic E-state index is 0.134. The lowest BCUT2D eigenvalue weighted by molar-refractivity contribution is 0.0481. The Balaban J connectivity index is 3.64. The van der Waals surface area contributed by atoms with Crippen molar-refractivity contribution >= 4 is 6.09 Å². The highest BCUT2D eigenvalue weighted by atomic mass is 19.1. The van der Waals surface area contributed by atoms with Crippen molar-refractivity contribution in [3.63, 3.8) is 0 Å². The predicted octanol–water partition coefficient (Wildman–Crippen LogP) is 0.842. The molecule has 5 heteroatoms. The number of nitrogens with one attached hydrogen (secondary N) is 1. The lowest BCUT2D eigenvalue weighted by Crippen LogP contribution is -2.37. The number of hydrogen-bond acceptors (Lipinski definition) is 3. The molecule has 0 aromatic carbocycles. The first-order chi connectivity index (χ1) is 5.85. The van der Waals surface area contributed by atoms with Crippen molar-refractivity contribution < 1.29 is 19.0 Å². The van der Waals surface area contributed by atoms with Gasteiger partial charge in [0.05, 0.1) is 6.10 Å². The van der Waals surface area contributed by atoms with Crippen molar-refractivity contribution in [1.29, 1.82) is 0 Å². The molecule has 1 unspecified atom stereocenters. The first kappa shape index (κ1) is 12.2. The lowest BCUT2D eigenvalue weighted by atomic mass is 10.2. The van der Waals surface area contributed by atoms with Gasteiger partial charge >= 0.3 is 6.09 Å². The SMILES string of the molecule is CC(C)(C)OC(=O)NCC(O)CF. The average Bonchev–Trinajstić information content (AvgIpc) is 1.97. The number of ether oxygens (including phenoxy) is 1. The van der Waals surface area contributed by atoms with E-state index in [2.05, 4.69) is 5.32 Å². The number of carbonyl (C=O) groups is 1. The number of rotatable bonds is 3. The fourth-order valence-corrected chi connectivity index (χ4v) is 0.570. The molecule has 0 saturated carbocycles. The summed E-state index contributed by atoms with van der Waals surface area (Å²) in [6, 6.07) is 0. The summed E-state index contributed by atoms with van der Waals surface area (Å²) in [6.45, 7) is 4.15. The fraction of sp³-hybridized carbons (Fsp3) is 0.875. The van der Waals surface area contributed by atoms with Gasteiger partial charge in [-0.25, -0.2) is 9.18 Å². The Labute approximate surface area is 77.1 Å². The van der Waals surface area contributed by atoms with Crippen molar-refractivity contribution in [2.45, 2.75) is 32.5 Å². The molecule has 0 aliphatic heterocycles. The predicted molar refractivity (Wildman–Crippen MR) is 46.2 cm³/mol. The van der Waals surface area contributed by atoms with Crippen molar-refractivity contribution in [1.82, 2.24) is 5.32 Å². The first-order valence-corrected chi connectivity index (χ1v) is 4.06. The van der Waals surface area contributed by atoms with Gasteiger partial charge in [0.1, 0.15) is 12.3 Å². The van der Waals surface area contributed by atoms with Gasteiger partial charge in [0.15, 0.2) is 0 Å². The minimum atomic E-state index is -1.16. The third kappa shape index (κ3) is 7.52. The standard InChI is InChI=1S/C8H16FNO3/c1-8(2,3)13-7(12)10-5-6(11)4-9/h6,11H,4-5H2,1-3H3,(H,10,12). The molecular formula is C8H16FNO3. The van der Waals surface area contributed by atoms with Crippen LogP contribution in [-0.2, 0) is 4.74 Å². The highest BCUT2D eigenvalue weighted by Gasteiger charge is 2.16. The van der Waals surface area contributed by atoms with Crippen LogP contribution < -0.4 is 5.32 Å². The number of alkyl halides is 1. The fourth-order valence-electron chi connectivity index (χ4n) is 0.570. The van der Waals surface area contributed by atoms with Crippen molar-refractivity contribution in [3.05, 3.63) is 0 Å². The van der Waals surface area contributed by atoms with E-state index in [4.69, 9.17) is 9.84 Å². The van der Waals surface area contributed by atoms with E-state index in [0.717, 1.165) is 0 Å². The van der Waals surface area contributed by atoms with E-state index >= 15 is 0 Å². The van der Waals surface area contributed by atoms with Gasteiger partial charge in [-0.2, -0.15) is 0 Å². The van der Waals surface area contributed by atoms with E-state index in [-0.39, 0.29) is 6.54 Å². The molecule has 2 N–H and O–H groups in total. The second-order valence-corrected chi connectivity index (χ2v) is 3.69. The minimum Gasteiger partial charge on any atom is -0.444 e. The second kappa shape index (κ2) is 5.01. The Bertz CT molecular complexity index is 167. The van der Waals surface area contributed by atoms with Crippen molar-refractivity contribution in [2.24, 2.45) is 0 Å². The number of aliphatic hydroxyl groups excluding tert-OH is 1. The van der Waals surface area contributed by atoms with E-state index in [1.54, 1.807) is 20.8 Å². The summed E-state index contributed by atoms with van der Waals surface area (Å²) in [7, 11) is 0. The van der Waals surface area contributed by atoms with Gasteiger partial charge in [0.25, 0.3) is 0 Å². The first-order valence-electron chi connectivity index (χ1n) is 4.06. The van der Waals surface area contributed by atoms with Crippen LogP contribution >= 0.6 is 0 Å². The Kier molecular flexibility index (Phi) is 4.69. The smallest absolute Gasteiger partial charge is 0.407 e. The van der Waals surface area contributed by atoms with Crippen LogP contribution in [0.25, 0.3) is 0 Å². The van der Waals surface area contributed by atoms with Crippen molar-refractivity contribution in [2.75, 3.05) is 13.2 Å². The molecule has 0 rings (SSSR count). The molecule has 78 valence electrons. The van der Waals surface area contributed by atoms with Gasteiger partial charge in [0, 0.05) is 6.54 Å². The summed E-state index contributed by atoms with van der Waals surface area (Å²) in [5, 5.41) is 11.0. The van der Waals surface area contributed by atoms with Crippen LogP contribution in [0, 0.1) is 0 Å². The van der Waals surface area contributed by atoms with Crippen molar-refractivity contribution in [3.8, 4) is 0 Å².